The first kappa shape index (κ1) is 16.9. The second kappa shape index (κ2) is 7.58. The van der Waals surface area contributed by atoms with Crippen molar-refractivity contribution in [2.45, 2.75) is 26.8 Å². The Morgan fingerprint density at radius 3 is 2.67 bits per heavy atom. The van der Waals surface area contributed by atoms with Gasteiger partial charge in [0, 0.05) is 18.4 Å². The molecular formula is C14H21N3O4. The number of hydrogen-bond acceptors (Lipinski definition) is 5. The molecular weight excluding hydrogens is 274 g/mol. The predicted octanol–water partition coefficient (Wildman–Crippen LogP) is 1.97. The van der Waals surface area contributed by atoms with E-state index in [-0.39, 0.29) is 23.2 Å². The van der Waals surface area contributed by atoms with E-state index in [1.54, 1.807) is 0 Å². The number of ether oxygens (including phenoxy) is 1. The third-order valence-corrected chi connectivity index (χ3v) is 3.08. The molecule has 1 amide bonds. The van der Waals surface area contributed by atoms with Crippen LogP contribution in [0.5, 0.6) is 0 Å². The van der Waals surface area contributed by atoms with Crippen LogP contribution in [0, 0.1) is 16.0 Å². The smallest absolute Gasteiger partial charge is 0.282 e. The number of carbonyl (C=O) groups is 1. The summed E-state index contributed by atoms with van der Waals surface area (Å²) in [5.41, 5.74) is 5.61. The van der Waals surface area contributed by atoms with Gasteiger partial charge in [0.1, 0.15) is 5.56 Å². The third kappa shape index (κ3) is 4.71. The van der Waals surface area contributed by atoms with Crippen LogP contribution in [0.15, 0.2) is 18.2 Å². The quantitative estimate of drug-likeness (QED) is 0.454. The average Bonchev–Trinajstić information content (AvgIpc) is 2.42. The predicted molar refractivity (Wildman–Crippen MR) is 80.1 cm³/mol. The minimum Gasteiger partial charge on any atom is -0.399 e. The molecule has 0 saturated heterocycles. The summed E-state index contributed by atoms with van der Waals surface area (Å²) >= 11 is 0. The number of nitrogens with zero attached hydrogens (tertiary/aromatic N) is 1. The maximum atomic E-state index is 12.3. The van der Waals surface area contributed by atoms with Crippen LogP contribution >= 0.6 is 0 Å². The lowest BCUT2D eigenvalue weighted by atomic mass is 10.0. The highest BCUT2D eigenvalue weighted by Crippen LogP contribution is 2.21. The first-order chi connectivity index (χ1) is 9.86. The lowest BCUT2D eigenvalue weighted by Gasteiger charge is -2.22. The fourth-order valence-electron chi connectivity index (χ4n) is 1.79. The van der Waals surface area contributed by atoms with Crippen molar-refractivity contribution >= 4 is 17.3 Å². The monoisotopic (exact) mass is 295 g/mol. The van der Waals surface area contributed by atoms with Crippen molar-refractivity contribution in [3.05, 3.63) is 33.9 Å². The minimum absolute atomic E-state index is 0.0397. The Kier molecular flexibility index (Phi) is 6.10. The molecule has 0 aromatic heterocycles. The van der Waals surface area contributed by atoms with Gasteiger partial charge in [-0.1, -0.05) is 13.8 Å². The van der Waals surface area contributed by atoms with E-state index in [4.69, 9.17) is 10.5 Å². The number of carbonyl (C=O) groups excluding carboxylic acids is 1. The van der Waals surface area contributed by atoms with Crippen LogP contribution in [0.3, 0.4) is 0 Å². The molecule has 1 rings (SSSR count). The van der Waals surface area contributed by atoms with Gasteiger partial charge in [-0.3, -0.25) is 14.9 Å². The molecule has 0 heterocycles. The highest BCUT2D eigenvalue weighted by Gasteiger charge is 2.24. The van der Waals surface area contributed by atoms with Crippen molar-refractivity contribution < 1.29 is 14.5 Å². The van der Waals surface area contributed by atoms with E-state index in [0.29, 0.717) is 18.9 Å². The SMILES string of the molecule is CCOCC(NC(=O)c1cc(N)ccc1[N+](=O)[O-])C(C)C. The molecule has 0 aliphatic carbocycles. The molecule has 1 unspecified atom stereocenters. The van der Waals surface area contributed by atoms with Gasteiger partial charge < -0.3 is 15.8 Å². The van der Waals surface area contributed by atoms with E-state index in [1.807, 2.05) is 20.8 Å². The van der Waals surface area contributed by atoms with Gasteiger partial charge >= 0.3 is 0 Å². The lowest BCUT2D eigenvalue weighted by Crippen LogP contribution is -2.42. The van der Waals surface area contributed by atoms with E-state index in [1.165, 1.54) is 18.2 Å². The molecule has 7 nitrogen and oxygen atoms in total. The standard InChI is InChI=1S/C14H21N3O4/c1-4-21-8-12(9(2)3)16-14(18)11-7-10(15)5-6-13(11)17(19)20/h5-7,9,12H,4,8,15H2,1-3H3,(H,16,18). The summed E-state index contributed by atoms with van der Waals surface area (Å²) in [6.07, 6.45) is 0. The number of nitro groups is 1. The summed E-state index contributed by atoms with van der Waals surface area (Å²) in [5, 5.41) is 13.8. The lowest BCUT2D eigenvalue weighted by molar-refractivity contribution is -0.385. The van der Waals surface area contributed by atoms with Gasteiger partial charge in [-0.15, -0.1) is 0 Å². The van der Waals surface area contributed by atoms with Crippen molar-refractivity contribution in [1.82, 2.24) is 5.32 Å². The van der Waals surface area contributed by atoms with Gasteiger partial charge in [-0.2, -0.15) is 0 Å². The van der Waals surface area contributed by atoms with Crippen molar-refractivity contribution in [3.8, 4) is 0 Å². The number of rotatable bonds is 7. The first-order valence-electron chi connectivity index (χ1n) is 6.79. The maximum Gasteiger partial charge on any atom is 0.282 e. The van der Waals surface area contributed by atoms with E-state index in [0.717, 1.165) is 0 Å². The third-order valence-electron chi connectivity index (χ3n) is 3.08. The van der Waals surface area contributed by atoms with E-state index in [2.05, 4.69) is 5.32 Å². The minimum atomic E-state index is -0.596. The topological polar surface area (TPSA) is 107 Å². The molecule has 0 aliphatic rings. The van der Waals surface area contributed by atoms with Gasteiger partial charge in [-0.05, 0) is 25.0 Å². The Labute approximate surface area is 123 Å². The van der Waals surface area contributed by atoms with E-state index < -0.39 is 10.8 Å². The summed E-state index contributed by atoms with van der Waals surface area (Å²) in [5.74, 6) is -0.381. The molecule has 0 spiro atoms. The van der Waals surface area contributed by atoms with Crippen LogP contribution in [-0.4, -0.2) is 30.1 Å². The van der Waals surface area contributed by atoms with Crippen LogP contribution in [0.25, 0.3) is 0 Å². The summed E-state index contributed by atoms with van der Waals surface area (Å²) in [7, 11) is 0. The summed E-state index contributed by atoms with van der Waals surface area (Å²) < 4.78 is 5.32. The molecule has 21 heavy (non-hydrogen) atoms. The highest BCUT2D eigenvalue weighted by atomic mass is 16.6. The summed E-state index contributed by atoms with van der Waals surface area (Å²) in [6, 6.07) is 3.72. The Bertz CT molecular complexity index is 517. The van der Waals surface area contributed by atoms with E-state index in [9.17, 15) is 14.9 Å². The molecule has 1 atom stereocenters. The number of nitro benzene ring substituents is 1. The zero-order chi connectivity index (χ0) is 16.0. The largest absolute Gasteiger partial charge is 0.399 e. The Hall–Kier alpha value is -2.15. The van der Waals surface area contributed by atoms with Crippen molar-refractivity contribution in [1.29, 1.82) is 0 Å². The van der Waals surface area contributed by atoms with Crippen LogP contribution in [0.1, 0.15) is 31.1 Å². The zero-order valence-corrected chi connectivity index (χ0v) is 12.5. The maximum absolute atomic E-state index is 12.3. The number of amides is 1. The van der Waals surface area contributed by atoms with Crippen LogP contribution in [0.2, 0.25) is 0 Å². The van der Waals surface area contributed by atoms with Gasteiger partial charge in [0.15, 0.2) is 0 Å². The first-order valence-corrected chi connectivity index (χ1v) is 6.79. The van der Waals surface area contributed by atoms with Crippen LogP contribution in [0.4, 0.5) is 11.4 Å². The van der Waals surface area contributed by atoms with Crippen molar-refractivity contribution in [2.24, 2.45) is 5.92 Å². The molecule has 3 N–H and O–H groups in total. The number of hydrogen-bond donors (Lipinski definition) is 2. The molecule has 1 aromatic carbocycles. The van der Waals surface area contributed by atoms with Crippen LogP contribution in [-0.2, 0) is 4.74 Å². The van der Waals surface area contributed by atoms with Gasteiger partial charge in [0.2, 0.25) is 0 Å². The number of nitrogen functional groups attached to an aromatic ring is 1. The highest BCUT2D eigenvalue weighted by molar-refractivity contribution is 5.99. The molecule has 0 fully saturated rings. The Morgan fingerprint density at radius 2 is 2.14 bits per heavy atom. The second-order valence-corrected chi connectivity index (χ2v) is 5.02. The number of anilines is 1. The summed E-state index contributed by atoms with van der Waals surface area (Å²) in [4.78, 5) is 22.7. The van der Waals surface area contributed by atoms with Gasteiger partial charge in [0.05, 0.1) is 17.6 Å². The molecule has 0 radical (unpaired) electrons. The van der Waals surface area contributed by atoms with Gasteiger partial charge in [0.25, 0.3) is 11.6 Å². The molecule has 1 aromatic rings. The molecule has 0 aliphatic heterocycles. The number of nitrogens with one attached hydrogen (secondary N) is 1. The van der Waals surface area contributed by atoms with Gasteiger partial charge in [-0.25, -0.2) is 0 Å². The normalized spacial score (nSPS) is 12.2. The summed E-state index contributed by atoms with van der Waals surface area (Å²) in [6.45, 7) is 6.64. The zero-order valence-electron chi connectivity index (χ0n) is 12.5. The molecule has 0 saturated carbocycles. The van der Waals surface area contributed by atoms with Crippen LogP contribution < -0.4 is 11.1 Å². The van der Waals surface area contributed by atoms with Crippen molar-refractivity contribution in [2.75, 3.05) is 18.9 Å². The average molecular weight is 295 g/mol. The molecule has 116 valence electrons. The fourth-order valence-corrected chi connectivity index (χ4v) is 1.79. The Balaban J connectivity index is 2.96. The van der Waals surface area contributed by atoms with Crippen molar-refractivity contribution in [3.63, 3.8) is 0 Å². The number of benzene rings is 1. The second-order valence-electron chi connectivity index (χ2n) is 5.02. The number of nitrogens with two attached hydrogens (primary N) is 1. The Morgan fingerprint density at radius 1 is 1.48 bits per heavy atom. The molecule has 0 bridgehead atoms. The molecule has 7 heteroatoms. The van der Waals surface area contributed by atoms with E-state index >= 15 is 0 Å². The fraction of sp³-hybridized carbons (Fsp3) is 0.500.